The minimum Gasteiger partial charge on any atom is -0.465 e. The van der Waals surface area contributed by atoms with Crippen LogP contribution in [0.25, 0.3) is 32.9 Å². The molecule has 0 spiro atoms. The summed E-state index contributed by atoms with van der Waals surface area (Å²) in [6.45, 7) is 5.49. The molecule has 0 bridgehead atoms. The van der Waals surface area contributed by atoms with E-state index in [1.165, 1.54) is 6.92 Å². The first-order valence-electron chi connectivity index (χ1n) is 18.3. The number of H-pyrrole nitrogens is 2. The number of esters is 3. The molecule has 2 aromatic heterocycles. The molecule has 1 saturated carbocycles. The first-order chi connectivity index (χ1) is 26.8. The Labute approximate surface area is 342 Å². The van der Waals surface area contributed by atoms with Gasteiger partial charge in [-0.3, -0.25) is 4.79 Å². The van der Waals surface area contributed by atoms with Crippen molar-refractivity contribution in [1.29, 1.82) is 0 Å². The zero-order chi connectivity index (χ0) is 39.3. The molecule has 0 aliphatic heterocycles. The van der Waals surface area contributed by atoms with Gasteiger partial charge in [-0.25, -0.2) is 9.59 Å². The van der Waals surface area contributed by atoms with Crippen molar-refractivity contribution in [3.8, 4) is 11.1 Å². The molecule has 1 aliphatic carbocycles. The highest BCUT2D eigenvalue weighted by atomic mass is 79.9. The normalized spacial score (nSPS) is 13.2. The Kier molecular flexibility index (Phi) is 10.2. The van der Waals surface area contributed by atoms with Crippen LogP contribution in [0.2, 0.25) is 10.0 Å². The number of aryl methyl sites for hydroxylation is 2. The number of aromatic nitrogens is 2. The minimum absolute atomic E-state index is 0.0883. The van der Waals surface area contributed by atoms with Crippen molar-refractivity contribution in [3.63, 3.8) is 0 Å². The number of ether oxygens (including phenoxy) is 2. The number of hydrogen-bond donors (Lipinski definition) is 2. The van der Waals surface area contributed by atoms with Gasteiger partial charge in [0.2, 0.25) is 0 Å². The maximum Gasteiger partial charge on any atom is 0.346 e. The van der Waals surface area contributed by atoms with Crippen molar-refractivity contribution in [1.82, 2.24) is 9.97 Å². The number of carbonyl (C=O) groups excluding carboxylic acids is 3. The lowest BCUT2D eigenvalue weighted by molar-refractivity contribution is -0.141. The summed E-state index contributed by atoms with van der Waals surface area (Å²) >= 11 is 16.6. The van der Waals surface area contributed by atoms with Crippen LogP contribution in [-0.2, 0) is 32.5 Å². The van der Waals surface area contributed by atoms with Gasteiger partial charge in [0.1, 0.15) is 6.61 Å². The zero-order valence-corrected chi connectivity index (χ0v) is 34.0. The fraction of sp³-hybridized carbons (Fsp3) is 0.196. The number of hydrogen-bond acceptors (Lipinski definition) is 5. The van der Waals surface area contributed by atoms with Crippen LogP contribution in [0.4, 0.5) is 0 Å². The molecular formula is C46H37BrCl2N2O5. The molecule has 7 aromatic rings. The molecule has 0 saturated heterocycles. The van der Waals surface area contributed by atoms with E-state index in [-0.39, 0.29) is 11.4 Å². The Morgan fingerprint density at radius 2 is 1.23 bits per heavy atom. The van der Waals surface area contributed by atoms with Crippen LogP contribution in [0.1, 0.15) is 79.7 Å². The second-order valence-corrected chi connectivity index (χ2v) is 16.5. The highest BCUT2D eigenvalue weighted by molar-refractivity contribution is 9.10. The molecule has 7 nitrogen and oxygen atoms in total. The monoisotopic (exact) mass is 846 g/mol. The Hall–Kier alpha value is -5.15. The van der Waals surface area contributed by atoms with Gasteiger partial charge in [0.25, 0.3) is 0 Å². The Balaban J connectivity index is 0.957. The number of fused-ring (bicyclic) bond motifs is 2. The van der Waals surface area contributed by atoms with Gasteiger partial charge in [-0.1, -0.05) is 71.7 Å². The van der Waals surface area contributed by atoms with Crippen molar-refractivity contribution in [2.75, 3.05) is 6.61 Å². The molecule has 0 unspecified atom stereocenters. The predicted octanol–water partition coefficient (Wildman–Crippen LogP) is 11.8. The molecule has 1 fully saturated rings. The maximum absolute atomic E-state index is 13.5. The van der Waals surface area contributed by atoms with E-state index >= 15 is 0 Å². The summed E-state index contributed by atoms with van der Waals surface area (Å²) in [6, 6.07) is 31.6. The van der Waals surface area contributed by atoms with Gasteiger partial charge >= 0.3 is 17.9 Å². The van der Waals surface area contributed by atoms with E-state index in [2.05, 4.69) is 68.4 Å². The fourth-order valence-corrected chi connectivity index (χ4v) is 8.15. The van der Waals surface area contributed by atoms with Gasteiger partial charge in [-0.2, -0.15) is 0 Å². The summed E-state index contributed by atoms with van der Waals surface area (Å²) in [6.07, 6.45) is 3.07. The molecule has 1 aliphatic rings. The largest absolute Gasteiger partial charge is 0.465 e. The highest BCUT2D eigenvalue weighted by Gasteiger charge is 2.45. The molecule has 5 aromatic carbocycles. The van der Waals surface area contributed by atoms with E-state index in [0.717, 1.165) is 78.3 Å². The molecule has 8 rings (SSSR count). The van der Waals surface area contributed by atoms with Crippen molar-refractivity contribution >= 4 is 78.8 Å². The number of rotatable bonds is 10. The summed E-state index contributed by atoms with van der Waals surface area (Å²) in [5, 5.41) is 3.28. The Morgan fingerprint density at radius 3 is 1.77 bits per heavy atom. The average Bonchev–Trinajstić information content (AvgIpc) is 3.72. The van der Waals surface area contributed by atoms with Crippen LogP contribution >= 0.6 is 39.1 Å². The van der Waals surface area contributed by atoms with Crippen LogP contribution in [0.3, 0.4) is 0 Å². The molecule has 10 heteroatoms. The molecular weight excluding hydrogens is 811 g/mol. The second kappa shape index (κ2) is 15.1. The quantitative estimate of drug-likeness (QED) is 0.105. The van der Waals surface area contributed by atoms with Crippen LogP contribution in [0.15, 0.2) is 102 Å². The third-order valence-electron chi connectivity index (χ3n) is 10.7. The fourth-order valence-electron chi connectivity index (χ4n) is 7.36. The number of benzene rings is 5. The second-order valence-electron chi connectivity index (χ2n) is 14.8. The summed E-state index contributed by atoms with van der Waals surface area (Å²) < 4.78 is 11.6. The molecule has 56 heavy (non-hydrogen) atoms. The molecule has 0 atom stereocenters. The topological polar surface area (TPSA) is 101 Å². The molecule has 2 N–H and O–H groups in total. The lowest BCUT2D eigenvalue weighted by Crippen LogP contribution is -2.17. The smallest absolute Gasteiger partial charge is 0.346 e. The SMILES string of the molecule is CC(=O)OCC1(c2ccc(-c3cc4cc(Cc5ccc(C)c(C(=O)OC(=O)c6cc(Cc7cc8cc(Br)c(Cl)cc8[nH]7)ccc6C)c5)[nH]c4cc3Cl)cc2)CC1. The average molecular weight is 849 g/mol. The number of aromatic amines is 2. The van der Waals surface area contributed by atoms with E-state index in [1.54, 1.807) is 12.1 Å². The zero-order valence-electron chi connectivity index (χ0n) is 30.9. The highest BCUT2D eigenvalue weighted by Crippen LogP contribution is 2.49. The number of halogens is 3. The predicted molar refractivity (Wildman–Crippen MR) is 225 cm³/mol. The van der Waals surface area contributed by atoms with Crippen LogP contribution in [0, 0.1) is 13.8 Å². The van der Waals surface area contributed by atoms with E-state index in [0.29, 0.717) is 51.7 Å². The van der Waals surface area contributed by atoms with Crippen molar-refractivity contribution in [2.45, 2.75) is 51.9 Å². The van der Waals surface area contributed by atoms with Crippen molar-refractivity contribution < 1.29 is 23.9 Å². The van der Waals surface area contributed by atoms with Gasteiger partial charge in [0, 0.05) is 68.4 Å². The molecule has 2 heterocycles. The first-order valence-corrected chi connectivity index (χ1v) is 19.9. The summed E-state index contributed by atoms with van der Waals surface area (Å²) in [4.78, 5) is 45.2. The Morgan fingerprint density at radius 1 is 0.696 bits per heavy atom. The summed E-state index contributed by atoms with van der Waals surface area (Å²) in [5.41, 5.74) is 10.6. The van der Waals surface area contributed by atoms with Crippen molar-refractivity contribution in [2.24, 2.45) is 0 Å². The summed E-state index contributed by atoms with van der Waals surface area (Å²) in [7, 11) is 0. The van der Waals surface area contributed by atoms with E-state index in [9.17, 15) is 14.4 Å². The first kappa shape index (κ1) is 37.8. The van der Waals surface area contributed by atoms with Gasteiger partial charge in [0.15, 0.2) is 0 Å². The van der Waals surface area contributed by atoms with Gasteiger partial charge in [0.05, 0.1) is 21.2 Å². The maximum atomic E-state index is 13.5. The Bertz CT molecular complexity index is 2670. The minimum atomic E-state index is -0.699. The molecule has 282 valence electrons. The van der Waals surface area contributed by atoms with Gasteiger partial charge in [-0.15, -0.1) is 0 Å². The van der Waals surface area contributed by atoms with E-state index in [1.807, 2.05) is 56.3 Å². The van der Waals surface area contributed by atoms with E-state index < -0.39 is 11.9 Å². The van der Waals surface area contributed by atoms with Gasteiger partial charge in [-0.05, 0) is 125 Å². The molecule has 0 radical (unpaired) electrons. The lowest BCUT2D eigenvalue weighted by atomic mass is 9.94. The lowest BCUT2D eigenvalue weighted by Gasteiger charge is -2.16. The van der Waals surface area contributed by atoms with Crippen LogP contribution < -0.4 is 0 Å². The third-order valence-corrected chi connectivity index (χ3v) is 12.2. The third kappa shape index (κ3) is 7.79. The van der Waals surface area contributed by atoms with E-state index in [4.69, 9.17) is 32.7 Å². The van der Waals surface area contributed by atoms with Crippen LogP contribution in [0.5, 0.6) is 0 Å². The van der Waals surface area contributed by atoms with Crippen LogP contribution in [-0.4, -0.2) is 34.5 Å². The molecule has 0 amide bonds. The summed E-state index contributed by atoms with van der Waals surface area (Å²) in [5.74, 6) is -1.66. The standard InChI is InChI=1S/C46H37BrCl2N2O5/c1-25-4-6-28(14-34-18-31-20-38(40(48)22-42(31)50-34)30-8-10-33(11-9-30)46(12-13-46)24-55-27(3)52)16-36(25)44(53)56-45(54)37-17-29(7-5-26(37)2)15-35-19-32-21-39(47)41(49)23-43(32)51-35/h4-11,16-23,50-51H,12-15,24H2,1-3H3. The van der Waals surface area contributed by atoms with Crippen molar-refractivity contribution in [3.05, 3.63) is 162 Å². The van der Waals surface area contributed by atoms with Gasteiger partial charge < -0.3 is 19.4 Å². The number of carbonyl (C=O) groups is 3. The number of nitrogens with one attached hydrogen (secondary N) is 2.